The van der Waals surface area contributed by atoms with Gasteiger partial charge in [-0.1, -0.05) is 108 Å². The fraction of sp³-hybridized carbons (Fsp3) is 0.362. The molecule has 2 aliphatic heterocycles. The van der Waals surface area contributed by atoms with Crippen LogP contribution < -0.4 is 15.2 Å². The summed E-state index contributed by atoms with van der Waals surface area (Å²) < 4.78 is 49.8. The predicted molar refractivity (Wildman–Crippen MR) is 252 cm³/mol. The van der Waals surface area contributed by atoms with Crippen LogP contribution in [0.1, 0.15) is 46.1 Å². The Bertz CT molecular complexity index is 2350. The molecule has 4 aromatic carbocycles. The summed E-state index contributed by atoms with van der Waals surface area (Å²) in [4.78, 5) is 26.4. The van der Waals surface area contributed by atoms with E-state index in [-0.39, 0.29) is 24.1 Å². The van der Waals surface area contributed by atoms with E-state index in [9.17, 15) is 4.79 Å². The maximum Gasteiger partial charge on any atom is 0.219 e. The van der Waals surface area contributed by atoms with Gasteiger partial charge in [-0.25, -0.2) is 15.0 Å². The minimum atomic E-state index is -1.25. The van der Waals surface area contributed by atoms with E-state index in [0.717, 1.165) is 54.1 Å². The molecule has 4 heterocycles. The number of hydrogen-bond donors (Lipinski definition) is 1. The molecular weight excluding hydrogens is 872 g/mol. The smallest absolute Gasteiger partial charge is 0.219 e. The number of nitrogens with two attached hydrogens (primary N) is 1. The maximum atomic E-state index is 13.0. The van der Waals surface area contributed by atoms with Gasteiger partial charge in [0.2, 0.25) is 5.12 Å². The van der Waals surface area contributed by atoms with Crippen LogP contribution >= 0.6 is 30.6 Å². The van der Waals surface area contributed by atoms with Crippen molar-refractivity contribution in [1.82, 2.24) is 24.2 Å². The van der Waals surface area contributed by atoms with Crippen LogP contribution in [0.25, 0.3) is 11.2 Å². The third-order valence-corrected chi connectivity index (χ3v) is 16.5. The fourth-order valence-corrected chi connectivity index (χ4v) is 13.3. The largest absolute Gasteiger partial charge is 0.497 e. The third-order valence-electron chi connectivity index (χ3n) is 11.2. The number of rotatable bonds is 21. The first-order valence-corrected chi connectivity index (χ1v) is 25.0. The minimum absolute atomic E-state index is 0.0519. The Kier molecular flexibility index (Phi) is 15.8. The zero-order valence-corrected chi connectivity index (χ0v) is 38.6. The van der Waals surface area contributed by atoms with Gasteiger partial charge < -0.3 is 38.7 Å². The number of ether oxygens (including phenoxy) is 6. The van der Waals surface area contributed by atoms with E-state index in [1.807, 2.05) is 102 Å². The second-order valence-electron chi connectivity index (χ2n) is 15.1. The molecular formula is C47H53N6O8PS2. The highest BCUT2D eigenvalue weighted by Gasteiger charge is 2.51. The van der Waals surface area contributed by atoms with Gasteiger partial charge in [0.05, 0.1) is 40.4 Å². The zero-order chi connectivity index (χ0) is 44.3. The Balaban J connectivity index is 1.18. The lowest BCUT2D eigenvalue weighted by Crippen LogP contribution is -2.41. The number of methoxy groups -OCH3 is 3. The zero-order valence-electron chi connectivity index (χ0n) is 36.1. The molecule has 2 saturated heterocycles. The molecule has 2 N–H and O–H groups in total. The molecule has 5 atom stereocenters. The Labute approximate surface area is 383 Å². The molecule has 64 heavy (non-hydrogen) atoms. The van der Waals surface area contributed by atoms with Crippen molar-refractivity contribution in [3.05, 3.63) is 144 Å². The van der Waals surface area contributed by atoms with Gasteiger partial charge in [0, 0.05) is 37.3 Å². The number of aromatic nitrogens is 4. The molecule has 2 aromatic heterocycles. The third kappa shape index (κ3) is 10.3. The van der Waals surface area contributed by atoms with Crippen LogP contribution in [0.4, 0.5) is 5.82 Å². The van der Waals surface area contributed by atoms with Crippen LogP contribution in [-0.4, -0.2) is 113 Å². The van der Waals surface area contributed by atoms with Crippen molar-refractivity contribution in [2.24, 2.45) is 0 Å². The average Bonchev–Trinajstić information content (AvgIpc) is 4.12. The molecule has 8 rings (SSSR count). The van der Waals surface area contributed by atoms with E-state index in [1.54, 1.807) is 39.0 Å². The van der Waals surface area contributed by atoms with Gasteiger partial charge in [-0.15, -0.1) is 0 Å². The van der Waals surface area contributed by atoms with Gasteiger partial charge in [0.1, 0.15) is 47.3 Å². The summed E-state index contributed by atoms with van der Waals surface area (Å²) in [7, 11) is 3.70. The van der Waals surface area contributed by atoms with Crippen LogP contribution in [0, 0.1) is 0 Å². The number of nitrogen functional groups attached to an aromatic ring is 1. The van der Waals surface area contributed by atoms with Crippen LogP contribution in [0.3, 0.4) is 0 Å². The van der Waals surface area contributed by atoms with Gasteiger partial charge >= 0.3 is 0 Å². The molecule has 0 aliphatic carbocycles. The van der Waals surface area contributed by atoms with E-state index in [4.69, 9.17) is 38.7 Å². The molecule has 2 fully saturated rings. The summed E-state index contributed by atoms with van der Waals surface area (Å²) in [5.41, 5.74) is 9.50. The molecule has 2 aliphatic rings. The van der Waals surface area contributed by atoms with Gasteiger partial charge in [-0.05, 0) is 53.8 Å². The van der Waals surface area contributed by atoms with E-state index in [1.165, 1.54) is 18.1 Å². The van der Waals surface area contributed by atoms with Crippen molar-refractivity contribution >= 4 is 52.7 Å². The maximum absolute atomic E-state index is 13.0. The highest BCUT2D eigenvalue weighted by Crippen LogP contribution is 2.58. The van der Waals surface area contributed by atoms with Crippen LogP contribution in [-0.2, 0) is 29.1 Å². The molecule has 3 unspecified atom stereocenters. The van der Waals surface area contributed by atoms with Gasteiger partial charge in [-0.2, -0.15) is 0 Å². The summed E-state index contributed by atoms with van der Waals surface area (Å²) >= 11 is 3.06. The van der Waals surface area contributed by atoms with E-state index >= 15 is 0 Å². The second kappa shape index (κ2) is 22.1. The minimum Gasteiger partial charge on any atom is -0.497 e. The van der Waals surface area contributed by atoms with Crippen molar-refractivity contribution in [2.75, 3.05) is 71.5 Å². The topological polar surface area (TPSA) is 155 Å². The quantitative estimate of drug-likeness (QED) is 0.0417. The van der Waals surface area contributed by atoms with Gasteiger partial charge in [0.15, 0.2) is 25.2 Å². The molecule has 0 spiro atoms. The average molecular weight is 925 g/mol. The molecule has 336 valence electrons. The van der Waals surface area contributed by atoms with E-state index in [2.05, 4.69) is 31.8 Å². The Morgan fingerprint density at radius 3 is 2.08 bits per heavy atom. The van der Waals surface area contributed by atoms with Crippen molar-refractivity contribution in [3.8, 4) is 11.5 Å². The fourth-order valence-electron chi connectivity index (χ4n) is 8.03. The summed E-state index contributed by atoms with van der Waals surface area (Å²) in [5, 5.41) is 0.0519. The number of imidazole rings is 1. The van der Waals surface area contributed by atoms with Crippen LogP contribution in [0.2, 0.25) is 0 Å². The SMILES string of the molecule is COCCOC1C(OP(SCCSC(=O)c2ccccc2)N2CCCC2)[C@@H](COC(c2ccccc2)(c2ccc(OC)cc2)c2ccc(OC)cc2)O[C@H]1n1cnc2c(N)ncnc21. The molecule has 0 bridgehead atoms. The number of carbonyl (C=O) groups excluding carboxylic acids is 1. The number of benzene rings is 4. The van der Waals surface area contributed by atoms with E-state index in [0.29, 0.717) is 34.8 Å². The lowest BCUT2D eigenvalue weighted by atomic mass is 9.80. The summed E-state index contributed by atoms with van der Waals surface area (Å²) in [5.74, 6) is 3.03. The highest BCUT2D eigenvalue weighted by atomic mass is 32.7. The summed E-state index contributed by atoms with van der Waals surface area (Å²) in [6, 6.07) is 35.5. The number of nitrogens with zero attached hydrogens (tertiary/aromatic N) is 5. The first-order valence-electron chi connectivity index (χ1n) is 21.2. The highest BCUT2D eigenvalue weighted by molar-refractivity contribution is 8.53. The summed E-state index contributed by atoms with van der Waals surface area (Å²) in [6.45, 7) is 2.51. The van der Waals surface area contributed by atoms with Crippen LogP contribution in [0.15, 0.2) is 122 Å². The first-order chi connectivity index (χ1) is 31.4. The molecule has 0 saturated carbocycles. The number of anilines is 1. The number of fused-ring (bicyclic) bond motifs is 1. The predicted octanol–water partition coefficient (Wildman–Crippen LogP) is 8.38. The Morgan fingerprint density at radius 1 is 0.797 bits per heavy atom. The number of hydrogen-bond acceptors (Lipinski definition) is 15. The van der Waals surface area contributed by atoms with Gasteiger partial charge in [-0.3, -0.25) is 14.0 Å². The second-order valence-corrected chi connectivity index (χ2v) is 19.8. The number of thioether (sulfide) groups is 1. The standard InChI is InChI=1S/C47H53N6O8PS2/c1-55-26-27-58-42-41(61-62(52-24-10-11-25-52)64-29-28-63-46(54)33-12-6-4-7-13-33)39(60-45(42)53-32-51-40-43(48)49-31-50-44(40)53)30-59-47(34-14-8-5-9-15-34,35-16-20-37(56-2)21-17-35)36-18-22-38(57-3)23-19-36/h4-9,12-23,31-32,39,41-42,45H,10-11,24-30H2,1-3H3,(H2,48,49,50)/t39-,41?,42?,45-,62?/m1/s1. The number of carbonyl (C=O) groups is 1. The molecule has 14 nitrogen and oxygen atoms in total. The van der Waals surface area contributed by atoms with Gasteiger partial charge in [0.25, 0.3) is 0 Å². The monoisotopic (exact) mass is 924 g/mol. The molecule has 0 radical (unpaired) electrons. The lowest BCUT2D eigenvalue weighted by Gasteiger charge is -2.38. The van der Waals surface area contributed by atoms with Crippen molar-refractivity contribution < 1.29 is 37.7 Å². The normalized spacial score (nSPS) is 19.5. The first kappa shape index (κ1) is 45.9. The van der Waals surface area contributed by atoms with Crippen LogP contribution in [0.5, 0.6) is 11.5 Å². The van der Waals surface area contributed by atoms with E-state index < -0.39 is 37.6 Å². The Morgan fingerprint density at radius 2 is 1.44 bits per heavy atom. The summed E-state index contributed by atoms with van der Waals surface area (Å²) in [6.07, 6.45) is 2.50. The lowest BCUT2D eigenvalue weighted by molar-refractivity contribution is -0.0964. The van der Waals surface area contributed by atoms with Crippen molar-refractivity contribution in [1.29, 1.82) is 0 Å². The molecule has 6 aromatic rings. The van der Waals surface area contributed by atoms with Crippen molar-refractivity contribution in [3.63, 3.8) is 0 Å². The Hall–Kier alpha value is -4.61. The van der Waals surface area contributed by atoms with Crippen molar-refractivity contribution in [2.45, 2.75) is 43.0 Å². The molecule has 0 amide bonds. The molecule has 17 heteroatoms.